The number of nitrogens with zero attached hydrogens (tertiary/aromatic N) is 2. The highest BCUT2D eigenvalue weighted by Crippen LogP contribution is 2.22. The van der Waals surface area contributed by atoms with Crippen LogP contribution in [0.25, 0.3) is 0 Å². The summed E-state index contributed by atoms with van der Waals surface area (Å²) in [6.45, 7) is 8.99. The van der Waals surface area contributed by atoms with Crippen molar-refractivity contribution in [2.24, 2.45) is 0 Å². The second-order valence-corrected chi connectivity index (χ2v) is 7.04. The molecular formula is C16H33N3O. The molecule has 4 heteroatoms. The van der Waals surface area contributed by atoms with Crippen LogP contribution in [0.2, 0.25) is 0 Å². The first-order valence-corrected chi connectivity index (χ1v) is 8.32. The maximum absolute atomic E-state index is 6.19. The maximum Gasteiger partial charge on any atom is 0.0707 e. The predicted molar refractivity (Wildman–Crippen MR) is 84.2 cm³/mol. The fourth-order valence-electron chi connectivity index (χ4n) is 3.34. The Balaban J connectivity index is 1.69. The Bertz CT molecular complexity index is 283. The average Bonchev–Trinajstić information content (AvgIpc) is 2.84. The SMILES string of the molecule is CC(C)NCC1CCC(CN2CCCC(N(C)C)C2)O1. The Kier molecular flexibility index (Phi) is 6.27. The Labute approximate surface area is 124 Å². The highest BCUT2D eigenvalue weighted by atomic mass is 16.5. The van der Waals surface area contributed by atoms with Gasteiger partial charge in [0.1, 0.15) is 0 Å². The molecule has 3 unspecified atom stereocenters. The van der Waals surface area contributed by atoms with Crippen LogP contribution in [0.15, 0.2) is 0 Å². The van der Waals surface area contributed by atoms with Gasteiger partial charge in [-0.1, -0.05) is 13.8 Å². The van der Waals surface area contributed by atoms with Crippen LogP contribution in [-0.4, -0.2) is 74.4 Å². The molecule has 0 aliphatic carbocycles. The van der Waals surface area contributed by atoms with E-state index in [1.807, 2.05) is 0 Å². The molecule has 2 saturated heterocycles. The number of nitrogens with one attached hydrogen (secondary N) is 1. The molecule has 4 nitrogen and oxygen atoms in total. The van der Waals surface area contributed by atoms with Gasteiger partial charge in [0, 0.05) is 31.7 Å². The number of hydrogen-bond acceptors (Lipinski definition) is 4. The molecule has 0 aromatic heterocycles. The first-order valence-electron chi connectivity index (χ1n) is 8.32. The van der Waals surface area contributed by atoms with Gasteiger partial charge in [-0.05, 0) is 46.3 Å². The van der Waals surface area contributed by atoms with Crippen molar-refractivity contribution in [2.75, 3.05) is 40.3 Å². The summed E-state index contributed by atoms with van der Waals surface area (Å²) in [6, 6.07) is 1.28. The minimum atomic E-state index is 0.428. The standard InChI is InChI=1S/C16H33N3O/c1-13(2)17-10-15-7-8-16(20-15)12-19-9-5-6-14(11-19)18(3)4/h13-17H,5-12H2,1-4H3. The number of rotatable bonds is 6. The third kappa shape index (κ3) is 4.99. The van der Waals surface area contributed by atoms with Crippen LogP contribution in [0, 0.1) is 0 Å². The molecule has 118 valence electrons. The van der Waals surface area contributed by atoms with E-state index in [0.717, 1.165) is 19.1 Å². The molecule has 0 aromatic rings. The lowest BCUT2D eigenvalue weighted by Crippen LogP contribution is -2.47. The third-order valence-electron chi connectivity index (χ3n) is 4.62. The molecule has 2 rings (SSSR count). The summed E-state index contributed by atoms with van der Waals surface area (Å²) in [7, 11) is 4.40. The van der Waals surface area contributed by atoms with Crippen LogP contribution in [0.1, 0.15) is 39.5 Å². The van der Waals surface area contributed by atoms with Crippen LogP contribution in [0.3, 0.4) is 0 Å². The van der Waals surface area contributed by atoms with Gasteiger partial charge in [0.25, 0.3) is 0 Å². The van der Waals surface area contributed by atoms with Crippen LogP contribution in [0.4, 0.5) is 0 Å². The summed E-state index contributed by atoms with van der Waals surface area (Å²) in [5.74, 6) is 0. The van der Waals surface area contributed by atoms with Crippen molar-refractivity contribution < 1.29 is 4.74 Å². The largest absolute Gasteiger partial charge is 0.372 e. The fourth-order valence-corrected chi connectivity index (χ4v) is 3.34. The van der Waals surface area contributed by atoms with Gasteiger partial charge < -0.3 is 15.0 Å². The van der Waals surface area contributed by atoms with Gasteiger partial charge in [-0.3, -0.25) is 4.90 Å². The minimum Gasteiger partial charge on any atom is -0.372 e. The summed E-state index contributed by atoms with van der Waals surface area (Å²) >= 11 is 0. The maximum atomic E-state index is 6.19. The lowest BCUT2D eigenvalue weighted by atomic mass is 10.0. The smallest absolute Gasteiger partial charge is 0.0707 e. The van der Waals surface area contributed by atoms with E-state index in [4.69, 9.17) is 4.74 Å². The average molecular weight is 283 g/mol. The van der Waals surface area contributed by atoms with E-state index in [2.05, 4.69) is 43.1 Å². The van der Waals surface area contributed by atoms with Gasteiger partial charge in [0.2, 0.25) is 0 Å². The summed E-state index contributed by atoms with van der Waals surface area (Å²) in [6.07, 6.45) is 6.00. The van der Waals surface area contributed by atoms with Crippen molar-refractivity contribution in [3.8, 4) is 0 Å². The van der Waals surface area contributed by atoms with E-state index >= 15 is 0 Å². The van der Waals surface area contributed by atoms with Crippen molar-refractivity contribution >= 4 is 0 Å². The van der Waals surface area contributed by atoms with Gasteiger partial charge in [0.05, 0.1) is 12.2 Å². The van der Waals surface area contributed by atoms with E-state index in [9.17, 15) is 0 Å². The zero-order chi connectivity index (χ0) is 14.5. The number of ether oxygens (including phenoxy) is 1. The van der Waals surface area contributed by atoms with Gasteiger partial charge in [-0.15, -0.1) is 0 Å². The Morgan fingerprint density at radius 2 is 1.95 bits per heavy atom. The van der Waals surface area contributed by atoms with E-state index in [1.165, 1.54) is 38.8 Å². The second kappa shape index (κ2) is 7.74. The summed E-state index contributed by atoms with van der Waals surface area (Å²) in [5.41, 5.74) is 0. The van der Waals surface area contributed by atoms with Crippen LogP contribution in [0.5, 0.6) is 0 Å². The first-order chi connectivity index (χ1) is 9.54. The number of likely N-dealkylation sites (N-methyl/N-ethyl adjacent to an activating group) is 1. The van der Waals surface area contributed by atoms with Crippen molar-refractivity contribution in [2.45, 2.75) is 63.8 Å². The number of likely N-dealkylation sites (tertiary alicyclic amines) is 1. The predicted octanol–water partition coefficient (Wildman–Crippen LogP) is 1.56. The molecule has 2 aliphatic heterocycles. The van der Waals surface area contributed by atoms with Crippen molar-refractivity contribution in [1.82, 2.24) is 15.1 Å². The molecule has 0 radical (unpaired) electrons. The molecule has 20 heavy (non-hydrogen) atoms. The molecule has 2 aliphatic rings. The number of piperidine rings is 1. The normalized spacial score (nSPS) is 32.4. The van der Waals surface area contributed by atoms with Gasteiger partial charge in [0.15, 0.2) is 0 Å². The summed E-state index contributed by atoms with van der Waals surface area (Å²) in [4.78, 5) is 4.98. The second-order valence-electron chi connectivity index (χ2n) is 7.04. The lowest BCUT2D eigenvalue weighted by molar-refractivity contribution is 0.0117. The van der Waals surface area contributed by atoms with Gasteiger partial charge >= 0.3 is 0 Å². The van der Waals surface area contributed by atoms with Crippen LogP contribution < -0.4 is 5.32 Å². The molecule has 0 saturated carbocycles. The zero-order valence-electron chi connectivity index (χ0n) is 13.8. The quantitative estimate of drug-likeness (QED) is 0.800. The topological polar surface area (TPSA) is 27.7 Å². The molecule has 3 atom stereocenters. The molecule has 0 aromatic carbocycles. The summed E-state index contributed by atoms with van der Waals surface area (Å²) < 4.78 is 6.19. The Hall–Kier alpha value is -0.160. The first kappa shape index (κ1) is 16.2. The lowest BCUT2D eigenvalue weighted by Gasteiger charge is -2.37. The molecule has 2 heterocycles. The van der Waals surface area contributed by atoms with Gasteiger partial charge in [-0.25, -0.2) is 0 Å². The Morgan fingerprint density at radius 3 is 2.65 bits per heavy atom. The monoisotopic (exact) mass is 283 g/mol. The molecule has 0 bridgehead atoms. The van der Waals surface area contributed by atoms with E-state index < -0.39 is 0 Å². The van der Waals surface area contributed by atoms with Crippen molar-refractivity contribution in [3.63, 3.8) is 0 Å². The van der Waals surface area contributed by atoms with E-state index in [0.29, 0.717) is 18.2 Å². The molecular weight excluding hydrogens is 250 g/mol. The zero-order valence-corrected chi connectivity index (χ0v) is 13.8. The third-order valence-corrected chi connectivity index (χ3v) is 4.62. The number of hydrogen-bond donors (Lipinski definition) is 1. The highest BCUT2D eigenvalue weighted by molar-refractivity contribution is 4.83. The molecule has 0 amide bonds. The van der Waals surface area contributed by atoms with Crippen LogP contribution >= 0.6 is 0 Å². The fraction of sp³-hybridized carbons (Fsp3) is 1.00. The molecule has 1 N–H and O–H groups in total. The minimum absolute atomic E-state index is 0.428. The highest BCUT2D eigenvalue weighted by Gasteiger charge is 2.29. The van der Waals surface area contributed by atoms with E-state index in [-0.39, 0.29) is 0 Å². The van der Waals surface area contributed by atoms with Gasteiger partial charge in [-0.2, -0.15) is 0 Å². The Morgan fingerprint density at radius 1 is 1.20 bits per heavy atom. The van der Waals surface area contributed by atoms with E-state index in [1.54, 1.807) is 0 Å². The molecule has 2 fully saturated rings. The van der Waals surface area contributed by atoms with Crippen molar-refractivity contribution in [3.05, 3.63) is 0 Å². The summed E-state index contributed by atoms with van der Waals surface area (Å²) in [5, 5.41) is 3.49. The molecule has 0 spiro atoms. The van der Waals surface area contributed by atoms with Crippen LogP contribution in [-0.2, 0) is 4.74 Å². The van der Waals surface area contributed by atoms with Crippen molar-refractivity contribution in [1.29, 1.82) is 0 Å².